The fourth-order valence-electron chi connectivity index (χ4n) is 1.93. The van der Waals surface area contributed by atoms with E-state index in [1.165, 1.54) is 0 Å². The minimum absolute atomic E-state index is 0.316. The summed E-state index contributed by atoms with van der Waals surface area (Å²) in [5.41, 5.74) is -0.316. The van der Waals surface area contributed by atoms with Crippen LogP contribution in [0.5, 0.6) is 0 Å². The van der Waals surface area contributed by atoms with Crippen molar-refractivity contribution in [1.82, 2.24) is 0 Å². The molecule has 0 aliphatic carbocycles. The number of unbranched alkanes of at least 4 members (excludes halogenated alkanes) is 2. The normalized spacial score (nSPS) is 18.6. The quantitative estimate of drug-likeness (QED) is 0.212. The van der Waals surface area contributed by atoms with Gasteiger partial charge < -0.3 is 18.9 Å². The number of hydrogen-bond donors (Lipinski definition) is 0. The Morgan fingerprint density at radius 1 is 1.05 bits per heavy atom. The van der Waals surface area contributed by atoms with Gasteiger partial charge in [0.25, 0.3) is 0 Å². The zero-order chi connectivity index (χ0) is 14.7. The van der Waals surface area contributed by atoms with Gasteiger partial charge in [0.2, 0.25) is 0 Å². The molecule has 0 aromatic carbocycles. The first-order chi connectivity index (χ1) is 9.70. The maximum absolute atomic E-state index is 6.02. The fraction of sp³-hybridized carbons (Fsp3) is 1.00. The van der Waals surface area contributed by atoms with Crippen molar-refractivity contribution in [2.45, 2.75) is 63.9 Å². The van der Waals surface area contributed by atoms with Crippen LogP contribution in [0, 0.1) is 0 Å². The number of ether oxygens (including phenoxy) is 4. The standard InChI is InChI=1S/C15H32O4Si/c1-3-5-10-18-15(20,19-11-6-4-2)8-7-9-16-12-14-13-17-14/h14H,3-13H2,1-2,20H3. The Kier molecular flexibility index (Phi) is 9.72. The smallest absolute Gasteiger partial charge is 0.141 e. The Labute approximate surface area is 126 Å². The Balaban J connectivity index is 2.15. The fourth-order valence-corrected chi connectivity index (χ4v) is 2.69. The van der Waals surface area contributed by atoms with Gasteiger partial charge in [0.1, 0.15) is 11.5 Å². The largest absolute Gasteiger partial charge is 0.379 e. The van der Waals surface area contributed by atoms with Crippen LogP contribution >= 0.6 is 0 Å². The molecule has 0 radical (unpaired) electrons. The molecule has 0 spiro atoms. The molecule has 0 aromatic heterocycles. The van der Waals surface area contributed by atoms with Crippen molar-refractivity contribution in [3.8, 4) is 0 Å². The Hall–Kier alpha value is 0.0569. The maximum Gasteiger partial charge on any atom is 0.141 e. The van der Waals surface area contributed by atoms with Crippen molar-refractivity contribution in [3.05, 3.63) is 0 Å². The SMILES string of the molecule is CCCCOC([SiH3])(CCCOCC1CO1)OCCCC. The van der Waals surface area contributed by atoms with Crippen LogP contribution in [0.2, 0.25) is 0 Å². The highest BCUT2D eigenvalue weighted by Gasteiger charge is 2.25. The minimum atomic E-state index is -0.316. The highest BCUT2D eigenvalue weighted by molar-refractivity contribution is 6.13. The Morgan fingerprint density at radius 2 is 1.65 bits per heavy atom. The van der Waals surface area contributed by atoms with Crippen LogP contribution in [0.25, 0.3) is 0 Å². The van der Waals surface area contributed by atoms with E-state index in [0.29, 0.717) is 6.10 Å². The molecular weight excluding hydrogens is 272 g/mol. The first-order valence-corrected chi connectivity index (χ1v) is 9.17. The molecule has 4 nitrogen and oxygen atoms in total. The monoisotopic (exact) mass is 304 g/mol. The number of hydrogen-bond acceptors (Lipinski definition) is 4. The van der Waals surface area contributed by atoms with E-state index in [-0.39, 0.29) is 5.41 Å². The van der Waals surface area contributed by atoms with Crippen molar-refractivity contribution in [2.75, 3.05) is 33.0 Å². The van der Waals surface area contributed by atoms with Gasteiger partial charge in [0.15, 0.2) is 0 Å². The number of epoxide rings is 1. The topological polar surface area (TPSA) is 40.2 Å². The summed E-state index contributed by atoms with van der Waals surface area (Å²) in [4.78, 5) is 0. The van der Waals surface area contributed by atoms with E-state index >= 15 is 0 Å². The summed E-state index contributed by atoms with van der Waals surface area (Å²) in [5, 5.41) is 0. The Bertz CT molecular complexity index is 224. The maximum atomic E-state index is 6.02. The molecule has 120 valence electrons. The summed E-state index contributed by atoms with van der Waals surface area (Å²) >= 11 is 0. The van der Waals surface area contributed by atoms with Gasteiger partial charge in [0, 0.05) is 19.8 Å². The third-order valence-electron chi connectivity index (χ3n) is 3.44. The second kappa shape index (κ2) is 10.7. The first-order valence-electron chi connectivity index (χ1n) is 8.17. The van der Waals surface area contributed by atoms with Crippen LogP contribution in [0.1, 0.15) is 52.4 Å². The Morgan fingerprint density at radius 3 is 2.15 bits per heavy atom. The zero-order valence-electron chi connectivity index (χ0n) is 13.5. The number of rotatable bonds is 14. The van der Waals surface area contributed by atoms with Gasteiger partial charge in [-0.3, -0.25) is 0 Å². The van der Waals surface area contributed by atoms with E-state index in [9.17, 15) is 0 Å². The van der Waals surface area contributed by atoms with Gasteiger partial charge in [-0.15, -0.1) is 0 Å². The predicted molar refractivity (Wildman–Crippen MR) is 84.2 cm³/mol. The molecule has 5 heteroatoms. The molecule has 1 atom stereocenters. The summed E-state index contributed by atoms with van der Waals surface area (Å²) in [7, 11) is 0.905. The van der Waals surface area contributed by atoms with Crippen molar-refractivity contribution in [3.63, 3.8) is 0 Å². The van der Waals surface area contributed by atoms with Gasteiger partial charge in [-0.25, -0.2) is 0 Å². The van der Waals surface area contributed by atoms with E-state index < -0.39 is 0 Å². The molecule has 1 unspecified atom stereocenters. The van der Waals surface area contributed by atoms with Gasteiger partial charge in [-0.05, 0) is 25.7 Å². The summed E-state index contributed by atoms with van der Waals surface area (Å²) in [5.74, 6) is 0. The molecule has 20 heavy (non-hydrogen) atoms. The zero-order valence-corrected chi connectivity index (χ0v) is 15.5. The van der Waals surface area contributed by atoms with Crippen LogP contribution < -0.4 is 0 Å². The molecule has 0 bridgehead atoms. The molecule has 1 saturated heterocycles. The van der Waals surface area contributed by atoms with E-state index in [2.05, 4.69) is 13.8 Å². The van der Waals surface area contributed by atoms with Gasteiger partial charge in [-0.2, -0.15) is 0 Å². The lowest BCUT2D eigenvalue weighted by atomic mass is 10.3. The average Bonchev–Trinajstić information content (AvgIpc) is 3.23. The average molecular weight is 305 g/mol. The minimum Gasteiger partial charge on any atom is -0.379 e. The van der Waals surface area contributed by atoms with Crippen LogP contribution in [0.15, 0.2) is 0 Å². The highest BCUT2D eigenvalue weighted by Crippen LogP contribution is 2.18. The molecule has 1 aliphatic rings. The second-order valence-electron chi connectivity index (χ2n) is 5.67. The third kappa shape index (κ3) is 9.08. The summed E-state index contributed by atoms with van der Waals surface area (Å²) in [6.07, 6.45) is 6.84. The molecule has 0 N–H and O–H groups in total. The van der Waals surface area contributed by atoms with Crippen LogP contribution in [-0.4, -0.2) is 54.8 Å². The highest BCUT2D eigenvalue weighted by atomic mass is 28.1. The molecule has 1 fully saturated rings. The molecule has 1 rings (SSSR count). The summed E-state index contributed by atoms with van der Waals surface area (Å²) < 4.78 is 22.7. The van der Waals surface area contributed by atoms with Crippen LogP contribution in [-0.2, 0) is 18.9 Å². The van der Waals surface area contributed by atoms with Gasteiger partial charge in [0.05, 0.1) is 23.5 Å². The van der Waals surface area contributed by atoms with Crippen molar-refractivity contribution < 1.29 is 18.9 Å². The van der Waals surface area contributed by atoms with E-state index in [0.717, 1.165) is 81.8 Å². The second-order valence-corrected chi connectivity index (χ2v) is 7.20. The summed E-state index contributed by atoms with van der Waals surface area (Å²) in [6.45, 7) is 8.37. The van der Waals surface area contributed by atoms with Gasteiger partial charge in [-0.1, -0.05) is 26.7 Å². The van der Waals surface area contributed by atoms with Crippen molar-refractivity contribution in [1.29, 1.82) is 0 Å². The first kappa shape index (κ1) is 18.1. The molecular formula is C15H32O4Si. The van der Waals surface area contributed by atoms with E-state index in [1.807, 2.05) is 0 Å². The molecule has 0 saturated carbocycles. The molecule has 0 aromatic rings. The van der Waals surface area contributed by atoms with Crippen molar-refractivity contribution >= 4 is 10.2 Å². The molecule has 0 amide bonds. The van der Waals surface area contributed by atoms with Crippen LogP contribution in [0.3, 0.4) is 0 Å². The third-order valence-corrected chi connectivity index (χ3v) is 4.51. The lowest BCUT2D eigenvalue weighted by Gasteiger charge is -2.30. The van der Waals surface area contributed by atoms with E-state index in [1.54, 1.807) is 0 Å². The molecule has 1 heterocycles. The van der Waals surface area contributed by atoms with Crippen LogP contribution in [0.4, 0.5) is 0 Å². The van der Waals surface area contributed by atoms with E-state index in [4.69, 9.17) is 18.9 Å². The molecule has 1 aliphatic heterocycles. The van der Waals surface area contributed by atoms with Crippen molar-refractivity contribution in [2.24, 2.45) is 0 Å². The lowest BCUT2D eigenvalue weighted by Crippen LogP contribution is -2.37. The lowest BCUT2D eigenvalue weighted by molar-refractivity contribution is -0.185. The predicted octanol–water partition coefficient (Wildman–Crippen LogP) is 1.83. The summed E-state index contributed by atoms with van der Waals surface area (Å²) in [6, 6.07) is 0. The van der Waals surface area contributed by atoms with Gasteiger partial charge >= 0.3 is 0 Å².